The maximum Gasteiger partial charge on any atom is 0.0845 e. The molecule has 0 unspecified atom stereocenters. The van der Waals surface area contributed by atoms with Crippen LogP contribution in [0.1, 0.15) is 55.8 Å². The lowest BCUT2D eigenvalue weighted by atomic mass is 9.86. The first-order valence-corrected chi connectivity index (χ1v) is 10.4. The highest BCUT2D eigenvalue weighted by molar-refractivity contribution is 5.98. The Kier molecular flexibility index (Phi) is 6.61. The molecular weight excluding hydrogens is 366 g/mol. The van der Waals surface area contributed by atoms with Crippen molar-refractivity contribution in [2.24, 2.45) is 9.98 Å². The number of hydrogen-bond donors (Lipinski definition) is 0. The third-order valence-electron chi connectivity index (χ3n) is 4.92. The molecular formula is C27H31N3. The largest absolute Gasteiger partial charge is 0.261 e. The van der Waals surface area contributed by atoms with Gasteiger partial charge in [-0.15, -0.1) is 0 Å². The predicted molar refractivity (Wildman–Crippen MR) is 129 cm³/mol. The highest BCUT2D eigenvalue weighted by Crippen LogP contribution is 2.31. The van der Waals surface area contributed by atoms with Gasteiger partial charge in [-0.1, -0.05) is 51.1 Å². The number of aryl methyl sites for hydroxylation is 2. The van der Waals surface area contributed by atoms with E-state index < -0.39 is 0 Å². The molecule has 0 radical (unpaired) electrons. The lowest BCUT2D eigenvalue weighted by Gasteiger charge is -2.21. The van der Waals surface area contributed by atoms with Gasteiger partial charge in [-0.3, -0.25) is 15.0 Å². The van der Waals surface area contributed by atoms with E-state index >= 15 is 0 Å². The summed E-state index contributed by atoms with van der Waals surface area (Å²) in [7, 11) is 0. The molecule has 30 heavy (non-hydrogen) atoms. The highest BCUT2D eigenvalue weighted by Gasteiger charge is 2.17. The van der Waals surface area contributed by atoms with Crippen LogP contribution in [0, 0.1) is 13.8 Å². The molecule has 0 saturated carbocycles. The molecule has 0 N–H and O–H groups in total. The number of pyridine rings is 1. The zero-order valence-electron chi connectivity index (χ0n) is 18.9. The molecule has 3 aromatic rings. The van der Waals surface area contributed by atoms with Gasteiger partial charge in [-0.25, -0.2) is 0 Å². The molecule has 0 atom stereocenters. The number of aliphatic imine (C=N–C) groups is 2. The summed E-state index contributed by atoms with van der Waals surface area (Å²) < 4.78 is 0. The van der Waals surface area contributed by atoms with Gasteiger partial charge in [0, 0.05) is 18.3 Å². The van der Waals surface area contributed by atoms with Gasteiger partial charge in [0.15, 0.2) is 0 Å². The molecule has 2 aromatic carbocycles. The number of aromatic nitrogens is 1. The number of rotatable bonds is 5. The molecule has 0 aliphatic rings. The van der Waals surface area contributed by atoms with Gasteiger partial charge in [0.05, 0.1) is 22.8 Å². The summed E-state index contributed by atoms with van der Waals surface area (Å²) >= 11 is 0. The first-order valence-electron chi connectivity index (χ1n) is 10.4. The second-order valence-corrected chi connectivity index (χ2v) is 8.84. The molecule has 1 heterocycles. The van der Waals surface area contributed by atoms with Gasteiger partial charge < -0.3 is 0 Å². The van der Waals surface area contributed by atoms with Crippen LogP contribution >= 0.6 is 0 Å². The van der Waals surface area contributed by atoms with Crippen LogP contribution < -0.4 is 0 Å². The highest BCUT2D eigenvalue weighted by atomic mass is 14.8. The Morgan fingerprint density at radius 3 is 2.33 bits per heavy atom. The predicted octanol–water partition coefficient (Wildman–Crippen LogP) is 7.08. The molecule has 3 nitrogen and oxygen atoms in total. The molecule has 0 spiro atoms. The van der Waals surface area contributed by atoms with Crippen LogP contribution in [0.25, 0.3) is 0 Å². The summed E-state index contributed by atoms with van der Waals surface area (Å²) in [6, 6.07) is 20.8. The van der Waals surface area contributed by atoms with Crippen molar-refractivity contribution >= 4 is 23.3 Å². The fourth-order valence-electron chi connectivity index (χ4n) is 3.51. The molecule has 3 heteroatoms. The van der Waals surface area contributed by atoms with Gasteiger partial charge in [-0.2, -0.15) is 0 Å². The van der Waals surface area contributed by atoms with Crippen LogP contribution in [0.15, 0.2) is 70.6 Å². The molecule has 0 fully saturated rings. The Balaban J connectivity index is 1.80. The Morgan fingerprint density at radius 1 is 0.933 bits per heavy atom. The van der Waals surface area contributed by atoms with Crippen molar-refractivity contribution in [1.29, 1.82) is 0 Å². The summed E-state index contributed by atoms with van der Waals surface area (Å²) in [5, 5.41) is 0. The zero-order chi connectivity index (χ0) is 21.7. The van der Waals surface area contributed by atoms with Crippen LogP contribution in [0.5, 0.6) is 0 Å². The minimum Gasteiger partial charge on any atom is -0.261 e. The lowest BCUT2D eigenvalue weighted by Crippen LogP contribution is -2.11. The van der Waals surface area contributed by atoms with Crippen LogP contribution in [0.4, 0.5) is 11.4 Å². The number of para-hydroxylation sites is 1. The quantitative estimate of drug-likeness (QED) is 0.424. The van der Waals surface area contributed by atoms with Crippen molar-refractivity contribution in [3.05, 3.63) is 88.7 Å². The van der Waals surface area contributed by atoms with Crippen LogP contribution in [-0.2, 0) is 11.8 Å². The molecule has 0 aliphatic carbocycles. The zero-order valence-corrected chi connectivity index (χ0v) is 18.9. The van der Waals surface area contributed by atoms with E-state index in [1.54, 1.807) is 0 Å². The molecule has 154 valence electrons. The standard InChI is InChI=1S/C27H31N3/c1-19-16-20(2)18-23(17-19)28-15-14-22-10-9-13-25(30-22)21(3)29-26-12-8-7-11-24(26)27(4,5)6/h7-13,15-18H,14H2,1-6H3. The summed E-state index contributed by atoms with van der Waals surface area (Å²) in [4.78, 5) is 14.3. The summed E-state index contributed by atoms with van der Waals surface area (Å²) in [5.74, 6) is 0. The van der Waals surface area contributed by atoms with E-state index in [9.17, 15) is 0 Å². The second kappa shape index (κ2) is 9.17. The summed E-state index contributed by atoms with van der Waals surface area (Å²) in [6.45, 7) is 12.9. The Morgan fingerprint density at radius 2 is 1.63 bits per heavy atom. The Labute approximate surface area is 180 Å². The van der Waals surface area contributed by atoms with Crippen molar-refractivity contribution in [2.75, 3.05) is 0 Å². The van der Waals surface area contributed by atoms with Crippen molar-refractivity contribution in [3.8, 4) is 0 Å². The van der Waals surface area contributed by atoms with Gasteiger partial charge in [0.2, 0.25) is 0 Å². The fraction of sp³-hybridized carbons (Fsp3) is 0.296. The van der Waals surface area contributed by atoms with E-state index in [4.69, 9.17) is 9.98 Å². The van der Waals surface area contributed by atoms with Crippen LogP contribution in [0.2, 0.25) is 0 Å². The van der Waals surface area contributed by atoms with Gasteiger partial charge in [0.1, 0.15) is 0 Å². The Hall–Kier alpha value is -3.07. The van der Waals surface area contributed by atoms with E-state index in [-0.39, 0.29) is 5.41 Å². The number of hydrogen-bond acceptors (Lipinski definition) is 3. The monoisotopic (exact) mass is 397 g/mol. The van der Waals surface area contributed by atoms with Crippen LogP contribution in [0.3, 0.4) is 0 Å². The molecule has 0 bridgehead atoms. The first-order chi connectivity index (χ1) is 14.2. The van der Waals surface area contributed by atoms with Crippen molar-refractivity contribution in [1.82, 2.24) is 4.98 Å². The third kappa shape index (κ3) is 5.73. The summed E-state index contributed by atoms with van der Waals surface area (Å²) in [5.41, 5.74) is 8.53. The van der Waals surface area contributed by atoms with E-state index in [1.165, 1.54) is 16.7 Å². The fourth-order valence-corrected chi connectivity index (χ4v) is 3.51. The minimum atomic E-state index is 0.0419. The van der Waals surface area contributed by atoms with Crippen molar-refractivity contribution < 1.29 is 0 Å². The Bertz CT molecular complexity index is 1070. The average molecular weight is 398 g/mol. The van der Waals surface area contributed by atoms with Gasteiger partial charge in [-0.05, 0) is 73.2 Å². The smallest absolute Gasteiger partial charge is 0.0845 e. The van der Waals surface area contributed by atoms with Gasteiger partial charge in [0.25, 0.3) is 0 Å². The molecule has 0 amide bonds. The normalized spacial score (nSPS) is 12.5. The summed E-state index contributed by atoms with van der Waals surface area (Å²) in [6.07, 6.45) is 2.62. The molecule has 0 saturated heterocycles. The average Bonchev–Trinajstić information content (AvgIpc) is 2.67. The first kappa shape index (κ1) is 21.6. The van der Waals surface area contributed by atoms with E-state index in [0.717, 1.165) is 28.5 Å². The van der Waals surface area contributed by atoms with Crippen molar-refractivity contribution in [3.63, 3.8) is 0 Å². The molecule has 1 aromatic heterocycles. The number of nitrogens with zero attached hydrogens (tertiary/aromatic N) is 3. The minimum absolute atomic E-state index is 0.0419. The van der Waals surface area contributed by atoms with E-state index in [2.05, 4.69) is 76.0 Å². The maximum absolute atomic E-state index is 4.90. The van der Waals surface area contributed by atoms with Gasteiger partial charge >= 0.3 is 0 Å². The molecule has 0 aliphatic heterocycles. The van der Waals surface area contributed by atoms with Crippen LogP contribution in [-0.4, -0.2) is 16.9 Å². The number of benzene rings is 2. The van der Waals surface area contributed by atoms with E-state index in [0.29, 0.717) is 6.42 Å². The third-order valence-corrected chi connectivity index (χ3v) is 4.92. The maximum atomic E-state index is 4.90. The van der Waals surface area contributed by atoms with Crippen molar-refractivity contribution in [2.45, 2.75) is 53.4 Å². The lowest BCUT2D eigenvalue weighted by molar-refractivity contribution is 0.591. The van der Waals surface area contributed by atoms with E-state index in [1.807, 2.05) is 37.4 Å². The second-order valence-electron chi connectivity index (χ2n) is 8.84. The topological polar surface area (TPSA) is 37.6 Å². The molecule has 3 rings (SSSR count). The SMILES string of the molecule is CC(=Nc1ccccc1C(C)(C)C)c1cccc(CC=Nc2cc(C)cc(C)c2)n1.